The molecular weight excluding hydrogens is 198 g/mol. The third-order valence-corrected chi connectivity index (χ3v) is 3.98. The zero-order valence-electron chi connectivity index (χ0n) is 10.4. The van der Waals surface area contributed by atoms with Crippen LogP contribution < -0.4 is 0 Å². The molecule has 0 saturated carbocycles. The minimum absolute atomic E-state index is 0.243. The van der Waals surface area contributed by atoms with Gasteiger partial charge in [-0.2, -0.15) is 0 Å². The third kappa shape index (κ3) is 1.87. The number of aliphatic hydroxyl groups excluding tert-OH is 1. The second kappa shape index (κ2) is 4.56. The minimum Gasteiger partial charge on any atom is -0.387 e. The highest BCUT2D eigenvalue weighted by atomic mass is 16.3. The van der Waals surface area contributed by atoms with Gasteiger partial charge in [-0.15, -0.1) is 0 Å². The molecule has 2 rings (SSSR count). The van der Waals surface area contributed by atoms with Gasteiger partial charge in [0.25, 0.3) is 0 Å². The van der Waals surface area contributed by atoms with E-state index in [-0.39, 0.29) is 12.1 Å². The second-order valence-corrected chi connectivity index (χ2v) is 4.84. The molecule has 3 unspecified atom stereocenters. The van der Waals surface area contributed by atoms with Crippen LogP contribution in [0.1, 0.15) is 37.5 Å². The van der Waals surface area contributed by atoms with Crippen molar-refractivity contribution in [2.75, 3.05) is 7.05 Å². The van der Waals surface area contributed by atoms with Gasteiger partial charge in [-0.25, -0.2) is 0 Å². The number of benzene rings is 1. The summed E-state index contributed by atoms with van der Waals surface area (Å²) < 4.78 is 0. The summed E-state index contributed by atoms with van der Waals surface area (Å²) in [6, 6.07) is 9.00. The molecule has 1 aromatic carbocycles. The van der Waals surface area contributed by atoms with Crippen LogP contribution in [-0.2, 0) is 6.42 Å². The molecule has 88 valence electrons. The van der Waals surface area contributed by atoms with Crippen molar-refractivity contribution in [2.45, 2.75) is 44.9 Å². The zero-order valence-corrected chi connectivity index (χ0v) is 10.4. The Kier molecular flexibility index (Phi) is 3.31. The first-order valence-corrected chi connectivity index (χ1v) is 6.13. The van der Waals surface area contributed by atoms with Crippen LogP contribution in [0.4, 0.5) is 0 Å². The normalized spacial score (nSPS) is 25.8. The topological polar surface area (TPSA) is 23.5 Å². The molecule has 0 amide bonds. The maximum Gasteiger partial charge on any atom is 0.0951 e. The number of likely N-dealkylation sites (N-methyl/N-ethyl adjacent to an activating group) is 1. The Hall–Kier alpha value is -0.860. The van der Waals surface area contributed by atoms with Gasteiger partial charge < -0.3 is 5.11 Å². The van der Waals surface area contributed by atoms with E-state index in [2.05, 4.69) is 37.9 Å². The van der Waals surface area contributed by atoms with Gasteiger partial charge in [0.15, 0.2) is 0 Å². The van der Waals surface area contributed by atoms with Crippen molar-refractivity contribution in [2.24, 2.45) is 0 Å². The number of hydrogen-bond acceptors (Lipinski definition) is 2. The molecule has 0 fully saturated rings. The molecule has 16 heavy (non-hydrogen) atoms. The van der Waals surface area contributed by atoms with E-state index in [0.717, 1.165) is 18.4 Å². The molecule has 0 spiro atoms. The van der Waals surface area contributed by atoms with Crippen molar-refractivity contribution in [1.82, 2.24) is 4.90 Å². The number of fused-ring (bicyclic) bond motifs is 1. The minimum atomic E-state index is -0.324. The Morgan fingerprint density at radius 1 is 1.44 bits per heavy atom. The van der Waals surface area contributed by atoms with Crippen molar-refractivity contribution < 1.29 is 5.11 Å². The smallest absolute Gasteiger partial charge is 0.0951 e. The fraction of sp³-hybridized carbons (Fsp3) is 0.571. The quantitative estimate of drug-likeness (QED) is 0.843. The first kappa shape index (κ1) is 11.6. The molecule has 1 N–H and O–H groups in total. The largest absolute Gasteiger partial charge is 0.387 e. The van der Waals surface area contributed by atoms with Crippen LogP contribution in [-0.4, -0.2) is 29.1 Å². The lowest BCUT2D eigenvalue weighted by Crippen LogP contribution is -2.40. The lowest BCUT2D eigenvalue weighted by Gasteiger charge is -2.32. The number of aliphatic hydroxyl groups is 1. The molecule has 0 aliphatic heterocycles. The lowest BCUT2D eigenvalue weighted by atomic mass is 10.1. The molecule has 0 radical (unpaired) electrons. The van der Waals surface area contributed by atoms with Gasteiger partial charge in [-0.3, -0.25) is 4.90 Å². The zero-order chi connectivity index (χ0) is 11.7. The molecule has 1 aliphatic carbocycles. The van der Waals surface area contributed by atoms with E-state index in [1.165, 1.54) is 5.56 Å². The van der Waals surface area contributed by atoms with Gasteiger partial charge in [-0.05, 0) is 37.9 Å². The number of nitrogens with zero attached hydrogens (tertiary/aromatic N) is 1. The fourth-order valence-electron chi connectivity index (χ4n) is 2.53. The predicted octanol–water partition coefficient (Wildman–Crippen LogP) is 2.38. The molecule has 0 heterocycles. The van der Waals surface area contributed by atoms with Gasteiger partial charge >= 0.3 is 0 Å². The van der Waals surface area contributed by atoms with Gasteiger partial charge in [0.05, 0.1) is 6.10 Å². The van der Waals surface area contributed by atoms with Crippen LogP contribution in [0.5, 0.6) is 0 Å². The standard InChI is InChI=1S/C14H21NO/c1-4-10(2)15(3)13-9-11-7-5-6-8-12(11)14(13)16/h5-8,10,13-14,16H,4,9H2,1-3H3. The van der Waals surface area contributed by atoms with Gasteiger partial charge in [0.1, 0.15) is 0 Å². The molecule has 1 aliphatic rings. The van der Waals surface area contributed by atoms with Gasteiger partial charge in [-0.1, -0.05) is 31.2 Å². The highest BCUT2D eigenvalue weighted by molar-refractivity contribution is 5.35. The molecular formula is C14H21NO. The summed E-state index contributed by atoms with van der Waals surface area (Å²) in [4.78, 5) is 2.31. The third-order valence-electron chi connectivity index (χ3n) is 3.98. The van der Waals surface area contributed by atoms with Crippen molar-refractivity contribution in [3.8, 4) is 0 Å². The van der Waals surface area contributed by atoms with E-state index in [0.29, 0.717) is 6.04 Å². The van der Waals surface area contributed by atoms with Crippen LogP contribution in [0.25, 0.3) is 0 Å². The van der Waals surface area contributed by atoms with Crippen LogP contribution in [0.3, 0.4) is 0 Å². The summed E-state index contributed by atoms with van der Waals surface area (Å²) in [6.45, 7) is 4.41. The van der Waals surface area contributed by atoms with Gasteiger partial charge in [0, 0.05) is 12.1 Å². The van der Waals surface area contributed by atoms with E-state index >= 15 is 0 Å². The molecule has 2 heteroatoms. The Morgan fingerprint density at radius 2 is 2.12 bits per heavy atom. The molecule has 0 bridgehead atoms. The summed E-state index contributed by atoms with van der Waals surface area (Å²) in [5.41, 5.74) is 2.41. The number of hydrogen-bond donors (Lipinski definition) is 1. The van der Waals surface area contributed by atoms with Crippen LogP contribution in [0, 0.1) is 0 Å². The Balaban J connectivity index is 2.18. The van der Waals surface area contributed by atoms with E-state index in [4.69, 9.17) is 0 Å². The molecule has 0 saturated heterocycles. The summed E-state index contributed by atoms with van der Waals surface area (Å²) >= 11 is 0. The van der Waals surface area contributed by atoms with Gasteiger partial charge in [0.2, 0.25) is 0 Å². The van der Waals surface area contributed by atoms with Crippen molar-refractivity contribution in [3.63, 3.8) is 0 Å². The highest BCUT2D eigenvalue weighted by Crippen LogP contribution is 2.34. The summed E-state index contributed by atoms with van der Waals surface area (Å²) in [7, 11) is 2.12. The maximum absolute atomic E-state index is 10.3. The Labute approximate surface area is 97.9 Å². The molecule has 3 atom stereocenters. The number of rotatable bonds is 3. The Morgan fingerprint density at radius 3 is 2.75 bits per heavy atom. The molecule has 1 aromatic rings. The molecule has 2 nitrogen and oxygen atoms in total. The van der Waals surface area contributed by atoms with E-state index < -0.39 is 0 Å². The van der Waals surface area contributed by atoms with Crippen LogP contribution >= 0.6 is 0 Å². The van der Waals surface area contributed by atoms with E-state index in [1.54, 1.807) is 0 Å². The maximum atomic E-state index is 10.3. The van der Waals surface area contributed by atoms with Crippen LogP contribution in [0.2, 0.25) is 0 Å². The molecule has 0 aromatic heterocycles. The predicted molar refractivity (Wildman–Crippen MR) is 66.4 cm³/mol. The average molecular weight is 219 g/mol. The first-order valence-electron chi connectivity index (χ1n) is 6.13. The highest BCUT2D eigenvalue weighted by Gasteiger charge is 2.34. The van der Waals surface area contributed by atoms with E-state index in [1.807, 2.05) is 12.1 Å². The summed E-state index contributed by atoms with van der Waals surface area (Å²) in [6.07, 6.45) is 1.77. The van der Waals surface area contributed by atoms with Crippen LogP contribution in [0.15, 0.2) is 24.3 Å². The van der Waals surface area contributed by atoms with Crippen molar-refractivity contribution >= 4 is 0 Å². The first-order chi connectivity index (χ1) is 7.65. The SMILES string of the molecule is CCC(C)N(C)C1Cc2ccccc2C1O. The van der Waals surface area contributed by atoms with Crippen molar-refractivity contribution in [1.29, 1.82) is 0 Å². The van der Waals surface area contributed by atoms with Crippen molar-refractivity contribution in [3.05, 3.63) is 35.4 Å². The van der Waals surface area contributed by atoms with E-state index in [9.17, 15) is 5.11 Å². The summed E-state index contributed by atoms with van der Waals surface area (Å²) in [5, 5.41) is 10.3. The lowest BCUT2D eigenvalue weighted by molar-refractivity contribution is 0.0548. The monoisotopic (exact) mass is 219 g/mol. The summed E-state index contributed by atoms with van der Waals surface area (Å²) in [5.74, 6) is 0. The fourth-order valence-corrected chi connectivity index (χ4v) is 2.53. The Bertz CT molecular complexity index is 364. The second-order valence-electron chi connectivity index (χ2n) is 4.84. The average Bonchev–Trinajstić information content (AvgIpc) is 2.65.